The van der Waals surface area contributed by atoms with Gasteiger partial charge in [-0.2, -0.15) is 13.2 Å². The molecule has 3 rings (SSSR count). The molecule has 0 saturated carbocycles. The number of alkyl halides is 3. The molecule has 2 aromatic rings. The molecule has 25 heavy (non-hydrogen) atoms. The van der Waals surface area contributed by atoms with Crippen LogP contribution in [0, 0.1) is 18.8 Å². The van der Waals surface area contributed by atoms with Gasteiger partial charge in [-0.05, 0) is 48.2 Å². The molecule has 2 nitrogen and oxygen atoms in total. The molecule has 1 aliphatic heterocycles. The zero-order valence-corrected chi connectivity index (χ0v) is 13.7. The van der Waals surface area contributed by atoms with E-state index >= 15 is 0 Å². The Morgan fingerprint density at radius 2 is 1.88 bits per heavy atom. The maximum atomic E-state index is 14.0. The van der Waals surface area contributed by atoms with Crippen molar-refractivity contribution in [2.24, 2.45) is 5.16 Å². The molecule has 1 aliphatic rings. The zero-order chi connectivity index (χ0) is 18.2. The molecule has 0 aliphatic carbocycles. The largest absolute Gasteiger partial charge is 0.435 e. The normalized spacial score (nSPS) is 20.3. The van der Waals surface area contributed by atoms with Gasteiger partial charge in [-0.3, -0.25) is 0 Å². The molecule has 1 heterocycles. The van der Waals surface area contributed by atoms with Gasteiger partial charge < -0.3 is 4.84 Å². The van der Waals surface area contributed by atoms with Crippen LogP contribution in [0.25, 0.3) is 0 Å². The topological polar surface area (TPSA) is 21.6 Å². The van der Waals surface area contributed by atoms with Gasteiger partial charge in [0.1, 0.15) is 5.82 Å². The Bertz CT molecular complexity index is 811. The van der Waals surface area contributed by atoms with E-state index in [9.17, 15) is 17.6 Å². The molecule has 1 unspecified atom stereocenters. The maximum absolute atomic E-state index is 14.0. The Morgan fingerprint density at radius 1 is 1.20 bits per heavy atom. The van der Waals surface area contributed by atoms with Gasteiger partial charge in [0.2, 0.25) is 0 Å². The van der Waals surface area contributed by atoms with Crippen molar-refractivity contribution in [2.75, 3.05) is 0 Å². The number of hydrogen-bond donors (Lipinski definition) is 0. The van der Waals surface area contributed by atoms with Crippen molar-refractivity contribution in [3.63, 3.8) is 0 Å². The van der Waals surface area contributed by atoms with Crippen LogP contribution in [0.4, 0.5) is 17.6 Å². The number of oxime groups is 1. The molecule has 6 heteroatoms. The summed E-state index contributed by atoms with van der Waals surface area (Å²) in [6.07, 6.45) is -4.56. The van der Waals surface area contributed by atoms with Gasteiger partial charge in [-0.25, -0.2) is 4.39 Å². The lowest BCUT2D eigenvalue weighted by Crippen LogP contribution is -2.42. The number of halogens is 4. The first-order valence-electron chi connectivity index (χ1n) is 7.86. The van der Waals surface area contributed by atoms with E-state index in [1.54, 1.807) is 6.92 Å². The number of rotatable bonds is 3. The molecule has 131 valence electrons. The molecular formula is C19H16F4NO. The first-order valence-corrected chi connectivity index (χ1v) is 7.86. The minimum absolute atomic E-state index is 0.00830. The van der Waals surface area contributed by atoms with E-state index in [0.29, 0.717) is 23.1 Å². The first kappa shape index (κ1) is 17.5. The van der Waals surface area contributed by atoms with Crippen LogP contribution in [0.2, 0.25) is 0 Å². The van der Waals surface area contributed by atoms with Gasteiger partial charge in [0, 0.05) is 12.0 Å². The highest BCUT2D eigenvalue weighted by Crippen LogP contribution is 2.49. The smallest absolute Gasteiger partial charge is 0.374 e. The lowest BCUT2D eigenvalue weighted by atomic mass is 9.85. The monoisotopic (exact) mass is 350 g/mol. The van der Waals surface area contributed by atoms with Crippen LogP contribution >= 0.6 is 0 Å². The lowest BCUT2D eigenvalue weighted by molar-refractivity contribution is -0.275. The predicted octanol–water partition coefficient (Wildman–Crippen LogP) is 5.08. The fourth-order valence-electron chi connectivity index (χ4n) is 2.91. The molecule has 1 atom stereocenters. The van der Waals surface area contributed by atoms with E-state index < -0.39 is 24.0 Å². The van der Waals surface area contributed by atoms with E-state index in [1.807, 2.05) is 6.92 Å². The molecule has 0 fully saturated rings. The predicted molar refractivity (Wildman–Crippen MR) is 85.8 cm³/mol. The molecule has 0 saturated heterocycles. The third kappa shape index (κ3) is 3.13. The third-order valence-corrected chi connectivity index (χ3v) is 4.27. The molecule has 0 spiro atoms. The number of aryl methyl sites for hydroxylation is 2. The summed E-state index contributed by atoms with van der Waals surface area (Å²) in [4.78, 5) is 5.00. The minimum Gasteiger partial charge on any atom is -0.374 e. The highest BCUT2D eigenvalue weighted by Gasteiger charge is 2.62. The van der Waals surface area contributed by atoms with Gasteiger partial charge >= 0.3 is 6.18 Å². The fraction of sp³-hybridized carbons (Fsp3) is 0.316. The number of benzene rings is 2. The summed E-state index contributed by atoms with van der Waals surface area (Å²) in [5.74, 6) is -0.466. The van der Waals surface area contributed by atoms with Crippen LogP contribution in [0.15, 0.2) is 41.6 Å². The average Bonchev–Trinajstić information content (AvgIpc) is 3.01. The standard InChI is InChI=1S/C19H16F4NO/c1-3-13-8-12(2)9-15(10-13)18(19(21,22)23)11-17(24-25-18)14-4-6-16(20)7-5-14/h4-7,9-10H,3,11H2,1-2H3. The van der Waals surface area contributed by atoms with E-state index in [2.05, 4.69) is 11.2 Å². The van der Waals surface area contributed by atoms with E-state index in [0.717, 1.165) is 0 Å². The van der Waals surface area contributed by atoms with E-state index in [-0.39, 0.29) is 11.3 Å². The Kier molecular flexibility index (Phi) is 4.31. The van der Waals surface area contributed by atoms with E-state index in [1.165, 1.54) is 36.4 Å². The Morgan fingerprint density at radius 3 is 2.48 bits per heavy atom. The molecular weight excluding hydrogens is 334 g/mol. The Hall–Kier alpha value is -2.37. The van der Waals surface area contributed by atoms with Crippen LogP contribution in [-0.4, -0.2) is 11.9 Å². The zero-order valence-electron chi connectivity index (χ0n) is 13.7. The maximum Gasteiger partial charge on any atom is 0.435 e. The summed E-state index contributed by atoms with van der Waals surface area (Å²) in [5, 5.41) is 3.68. The molecule has 0 aromatic heterocycles. The number of hydrogen-bond acceptors (Lipinski definition) is 2. The van der Waals surface area contributed by atoms with Gasteiger partial charge in [0.15, 0.2) is 0 Å². The van der Waals surface area contributed by atoms with Crippen molar-refractivity contribution in [1.82, 2.24) is 0 Å². The summed E-state index contributed by atoms with van der Waals surface area (Å²) >= 11 is 0. The summed E-state index contributed by atoms with van der Waals surface area (Å²) in [7, 11) is 0. The molecule has 2 aromatic carbocycles. The van der Waals surface area contributed by atoms with Gasteiger partial charge in [-0.1, -0.05) is 36.3 Å². The van der Waals surface area contributed by atoms with E-state index in [4.69, 9.17) is 4.84 Å². The second kappa shape index (κ2) is 6.17. The van der Waals surface area contributed by atoms with Crippen LogP contribution in [-0.2, 0) is 16.9 Å². The first-order chi connectivity index (χ1) is 11.7. The highest BCUT2D eigenvalue weighted by atomic mass is 19.4. The van der Waals surface area contributed by atoms with Crippen molar-refractivity contribution in [2.45, 2.75) is 38.5 Å². The van der Waals surface area contributed by atoms with Gasteiger partial charge in [0.25, 0.3) is 5.60 Å². The van der Waals surface area contributed by atoms with Crippen molar-refractivity contribution in [1.29, 1.82) is 0 Å². The second-order valence-corrected chi connectivity index (χ2v) is 6.07. The van der Waals surface area contributed by atoms with Crippen molar-refractivity contribution >= 4 is 5.71 Å². The van der Waals surface area contributed by atoms with Crippen LogP contribution in [0.1, 0.15) is 35.6 Å². The molecule has 0 amide bonds. The minimum atomic E-state index is -4.66. The molecule has 0 bridgehead atoms. The average molecular weight is 350 g/mol. The highest BCUT2D eigenvalue weighted by molar-refractivity contribution is 6.01. The van der Waals surface area contributed by atoms with Gasteiger partial charge in [0.05, 0.1) is 5.71 Å². The second-order valence-electron chi connectivity index (χ2n) is 6.07. The van der Waals surface area contributed by atoms with Crippen LogP contribution in [0.5, 0.6) is 0 Å². The van der Waals surface area contributed by atoms with Crippen molar-refractivity contribution in [3.8, 4) is 0 Å². The summed E-state index contributed by atoms with van der Waals surface area (Å²) in [6.45, 7) is 3.55. The summed E-state index contributed by atoms with van der Waals surface area (Å²) in [5.41, 5.74) is -0.702. The summed E-state index contributed by atoms with van der Waals surface area (Å²) < 4.78 is 54.9. The fourth-order valence-corrected chi connectivity index (χ4v) is 2.91. The lowest BCUT2D eigenvalue weighted by Gasteiger charge is -2.30. The molecule has 0 N–H and O–H groups in total. The SMILES string of the molecule is CCc1[c]c(C)cc(C2(C(F)(F)F)CC(c3ccc(F)cc3)=NO2)c1. The Balaban J connectivity index is 2.03. The Labute approximate surface area is 143 Å². The van der Waals surface area contributed by atoms with Crippen molar-refractivity contribution in [3.05, 3.63) is 70.5 Å². The third-order valence-electron chi connectivity index (χ3n) is 4.27. The van der Waals surface area contributed by atoms with Crippen LogP contribution in [0.3, 0.4) is 0 Å². The van der Waals surface area contributed by atoms with Crippen LogP contribution < -0.4 is 0 Å². The van der Waals surface area contributed by atoms with Gasteiger partial charge in [-0.15, -0.1) is 0 Å². The number of nitrogens with zero attached hydrogens (tertiary/aromatic N) is 1. The molecule has 1 radical (unpaired) electrons. The quantitative estimate of drug-likeness (QED) is 0.708. The summed E-state index contributed by atoms with van der Waals surface area (Å²) in [6, 6.07) is 11.1. The van der Waals surface area contributed by atoms with Crippen molar-refractivity contribution < 1.29 is 22.4 Å².